The van der Waals surface area contributed by atoms with Crippen LogP contribution in [0.2, 0.25) is 0 Å². The lowest BCUT2D eigenvalue weighted by Crippen LogP contribution is -2.40. The van der Waals surface area contributed by atoms with E-state index in [1.54, 1.807) is 18.2 Å². The number of likely N-dealkylation sites (N-methyl/N-ethyl adjacent to an activating group) is 1. The lowest BCUT2D eigenvalue weighted by molar-refractivity contribution is -0.121. The highest BCUT2D eigenvalue weighted by Crippen LogP contribution is 2.15. The van der Waals surface area contributed by atoms with Crippen LogP contribution in [0.25, 0.3) is 10.9 Å². The quantitative estimate of drug-likeness (QED) is 0.847. The van der Waals surface area contributed by atoms with E-state index in [0.29, 0.717) is 23.5 Å². The summed E-state index contributed by atoms with van der Waals surface area (Å²) in [6.07, 6.45) is 2.55. The fourth-order valence-corrected chi connectivity index (χ4v) is 3.24. The van der Waals surface area contributed by atoms with Crippen LogP contribution in [0.1, 0.15) is 26.2 Å². The normalized spacial score (nSPS) is 18.1. The number of fused-ring (bicyclic) bond motifs is 1. The number of rotatable bonds is 6. The standard InChI is InChI=1S/C17H23N5O2/c1-2-21-10-5-6-13(21)12-18-16(23)9-11-22-17(24)14-7-3-4-8-15(14)19-20-22/h3-4,7-8,13H,2,5-6,9-12H2,1H3,(H,18,23)/t13-/m0/s1. The number of likely N-dealkylation sites (tertiary alicyclic amines) is 1. The van der Waals surface area contributed by atoms with Gasteiger partial charge in [-0.15, -0.1) is 5.10 Å². The minimum atomic E-state index is -0.207. The van der Waals surface area contributed by atoms with Crippen LogP contribution in [-0.2, 0) is 11.3 Å². The third-order valence-electron chi connectivity index (χ3n) is 4.62. The van der Waals surface area contributed by atoms with Crippen molar-refractivity contribution < 1.29 is 4.79 Å². The van der Waals surface area contributed by atoms with Gasteiger partial charge in [0.1, 0.15) is 5.52 Å². The Labute approximate surface area is 140 Å². The van der Waals surface area contributed by atoms with Crippen LogP contribution in [-0.4, -0.2) is 51.5 Å². The lowest BCUT2D eigenvalue weighted by Gasteiger charge is -2.22. The summed E-state index contributed by atoms with van der Waals surface area (Å²) < 4.78 is 1.26. The maximum Gasteiger partial charge on any atom is 0.277 e. The van der Waals surface area contributed by atoms with E-state index in [4.69, 9.17) is 0 Å². The molecule has 0 radical (unpaired) electrons. The van der Waals surface area contributed by atoms with E-state index in [0.717, 1.165) is 19.5 Å². The molecule has 7 nitrogen and oxygen atoms in total. The fourth-order valence-electron chi connectivity index (χ4n) is 3.24. The van der Waals surface area contributed by atoms with E-state index in [-0.39, 0.29) is 24.4 Å². The van der Waals surface area contributed by atoms with Crippen LogP contribution in [0.4, 0.5) is 0 Å². The molecule has 1 aromatic carbocycles. The Morgan fingerprint density at radius 1 is 1.38 bits per heavy atom. The first-order valence-electron chi connectivity index (χ1n) is 8.52. The number of nitrogens with zero attached hydrogens (tertiary/aromatic N) is 4. The van der Waals surface area contributed by atoms with E-state index in [2.05, 4.69) is 27.5 Å². The molecule has 1 aliphatic heterocycles. The molecule has 1 aromatic heterocycles. The predicted octanol–water partition coefficient (Wildman–Crippen LogP) is 0.782. The molecule has 0 aliphatic carbocycles. The van der Waals surface area contributed by atoms with Gasteiger partial charge in [-0.1, -0.05) is 24.3 Å². The maximum absolute atomic E-state index is 12.3. The van der Waals surface area contributed by atoms with Crippen molar-refractivity contribution in [1.82, 2.24) is 25.2 Å². The predicted molar refractivity (Wildman–Crippen MR) is 91.7 cm³/mol. The molecule has 2 heterocycles. The van der Waals surface area contributed by atoms with Crippen LogP contribution in [0.15, 0.2) is 29.1 Å². The summed E-state index contributed by atoms with van der Waals surface area (Å²) in [5.74, 6) is -0.0557. The second kappa shape index (κ2) is 7.53. The molecule has 2 aromatic rings. The van der Waals surface area contributed by atoms with Crippen LogP contribution in [0.5, 0.6) is 0 Å². The summed E-state index contributed by atoms with van der Waals surface area (Å²) in [4.78, 5) is 26.8. The number of benzene rings is 1. The Morgan fingerprint density at radius 3 is 3.04 bits per heavy atom. The van der Waals surface area contributed by atoms with Gasteiger partial charge in [-0.2, -0.15) is 0 Å². The highest BCUT2D eigenvalue weighted by Gasteiger charge is 2.23. The average molecular weight is 329 g/mol. The minimum Gasteiger partial charge on any atom is -0.354 e. The summed E-state index contributed by atoms with van der Waals surface area (Å²) in [6, 6.07) is 7.52. The molecule has 7 heteroatoms. The molecular weight excluding hydrogens is 306 g/mol. The molecule has 0 saturated carbocycles. The van der Waals surface area contributed by atoms with Crippen LogP contribution >= 0.6 is 0 Å². The van der Waals surface area contributed by atoms with E-state index in [1.165, 1.54) is 11.1 Å². The number of carbonyl (C=O) groups excluding carboxylic acids is 1. The molecule has 1 fully saturated rings. The van der Waals surface area contributed by atoms with Gasteiger partial charge in [-0.3, -0.25) is 14.5 Å². The van der Waals surface area contributed by atoms with Gasteiger partial charge in [0.2, 0.25) is 5.91 Å². The average Bonchev–Trinajstić information content (AvgIpc) is 3.07. The van der Waals surface area contributed by atoms with Gasteiger partial charge in [0, 0.05) is 19.0 Å². The molecule has 1 saturated heterocycles. The Bertz CT molecular complexity index is 773. The molecule has 24 heavy (non-hydrogen) atoms. The largest absolute Gasteiger partial charge is 0.354 e. The third kappa shape index (κ3) is 3.62. The molecule has 0 spiro atoms. The molecule has 1 amide bonds. The smallest absolute Gasteiger partial charge is 0.277 e. The highest BCUT2D eigenvalue weighted by atomic mass is 16.2. The monoisotopic (exact) mass is 329 g/mol. The van der Waals surface area contributed by atoms with Crippen LogP contribution < -0.4 is 10.9 Å². The van der Waals surface area contributed by atoms with Gasteiger partial charge >= 0.3 is 0 Å². The van der Waals surface area contributed by atoms with Crippen molar-refractivity contribution in [3.8, 4) is 0 Å². The van der Waals surface area contributed by atoms with Crippen molar-refractivity contribution in [3.63, 3.8) is 0 Å². The summed E-state index contributed by atoms with van der Waals surface area (Å²) >= 11 is 0. The third-order valence-corrected chi connectivity index (χ3v) is 4.62. The van der Waals surface area contributed by atoms with Crippen LogP contribution in [0, 0.1) is 0 Å². The molecule has 1 atom stereocenters. The Balaban J connectivity index is 1.55. The SMILES string of the molecule is CCN1CCC[C@H]1CNC(=O)CCn1nnc2ccccc2c1=O. The maximum atomic E-state index is 12.3. The number of nitrogens with one attached hydrogen (secondary N) is 1. The van der Waals surface area contributed by atoms with E-state index < -0.39 is 0 Å². The van der Waals surface area contributed by atoms with E-state index in [9.17, 15) is 9.59 Å². The molecular formula is C17H23N5O2. The molecule has 1 aliphatic rings. The van der Waals surface area contributed by atoms with Crippen LogP contribution in [0.3, 0.4) is 0 Å². The number of aromatic nitrogens is 3. The number of hydrogen-bond donors (Lipinski definition) is 1. The topological polar surface area (TPSA) is 80.1 Å². The summed E-state index contributed by atoms with van der Waals surface area (Å²) in [6.45, 7) is 5.18. The second-order valence-corrected chi connectivity index (χ2v) is 6.11. The molecule has 0 bridgehead atoms. The van der Waals surface area contributed by atoms with Crippen molar-refractivity contribution in [3.05, 3.63) is 34.6 Å². The van der Waals surface area contributed by atoms with E-state index >= 15 is 0 Å². The van der Waals surface area contributed by atoms with Gasteiger partial charge in [0.15, 0.2) is 0 Å². The molecule has 3 rings (SSSR count). The fraction of sp³-hybridized carbons (Fsp3) is 0.529. The Hall–Kier alpha value is -2.28. The number of aryl methyl sites for hydroxylation is 1. The molecule has 0 unspecified atom stereocenters. The lowest BCUT2D eigenvalue weighted by atomic mass is 10.2. The first-order chi connectivity index (χ1) is 11.7. The number of hydrogen-bond acceptors (Lipinski definition) is 5. The van der Waals surface area contributed by atoms with Crippen molar-refractivity contribution in [2.45, 2.75) is 38.8 Å². The molecule has 1 N–H and O–H groups in total. The van der Waals surface area contributed by atoms with Gasteiger partial charge in [0.25, 0.3) is 5.56 Å². The number of carbonyl (C=O) groups is 1. The summed E-state index contributed by atoms with van der Waals surface area (Å²) in [5.41, 5.74) is 0.366. The van der Waals surface area contributed by atoms with Gasteiger partial charge < -0.3 is 5.32 Å². The van der Waals surface area contributed by atoms with Crippen molar-refractivity contribution >= 4 is 16.8 Å². The van der Waals surface area contributed by atoms with Gasteiger partial charge in [0.05, 0.1) is 11.9 Å². The van der Waals surface area contributed by atoms with E-state index in [1.807, 2.05) is 6.07 Å². The first kappa shape index (κ1) is 16.6. The van der Waals surface area contributed by atoms with Gasteiger partial charge in [-0.05, 0) is 38.1 Å². The van der Waals surface area contributed by atoms with Crippen molar-refractivity contribution in [2.24, 2.45) is 0 Å². The zero-order valence-electron chi connectivity index (χ0n) is 13.9. The summed E-state index contributed by atoms with van der Waals surface area (Å²) in [5, 5.41) is 11.4. The zero-order chi connectivity index (χ0) is 16.9. The second-order valence-electron chi connectivity index (χ2n) is 6.11. The zero-order valence-corrected chi connectivity index (χ0v) is 13.9. The number of amides is 1. The minimum absolute atomic E-state index is 0.0557. The highest BCUT2D eigenvalue weighted by molar-refractivity contribution is 5.77. The van der Waals surface area contributed by atoms with Crippen molar-refractivity contribution in [2.75, 3.05) is 19.6 Å². The Morgan fingerprint density at radius 2 is 2.21 bits per heavy atom. The van der Waals surface area contributed by atoms with Gasteiger partial charge in [-0.25, -0.2) is 4.68 Å². The van der Waals surface area contributed by atoms with Crippen molar-refractivity contribution in [1.29, 1.82) is 0 Å². The Kier molecular flexibility index (Phi) is 5.20. The molecule has 128 valence electrons. The summed E-state index contributed by atoms with van der Waals surface area (Å²) in [7, 11) is 0. The first-order valence-corrected chi connectivity index (χ1v) is 8.52.